The third-order valence-electron chi connectivity index (χ3n) is 4.42. The first-order valence-electron chi connectivity index (χ1n) is 7.04. The lowest BCUT2D eigenvalue weighted by Crippen LogP contribution is -2.18. The zero-order valence-corrected chi connectivity index (χ0v) is 11.2. The van der Waals surface area contributed by atoms with Crippen molar-refractivity contribution in [3.8, 4) is 11.5 Å². The molecule has 1 fully saturated rings. The minimum absolute atomic E-state index is 0.210. The second kappa shape index (κ2) is 3.89. The Hall–Kier alpha value is -1.71. The van der Waals surface area contributed by atoms with Gasteiger partial charge in [0.25, 0.3) is 0 Å². The third kappa shape index (κ3) is 1.70. The minimum atomic E-state index is 0.210. The highest BCUT2D eigenvalue weighted by molar-refractivity contribution is 5.80. The highest BCUT2D eigenvalue weighted by Crippen LogP contribution is 2.41. The molecule has 2 aromatic rings. The van der Waals surface area contributed by atoms with Gasteiger partial charge in [-0.2, -0.15) is 0 Å². The molecule has 0 spiro atoms. The van der Waals surface area contributed by atoms with Gasteiger partial charge in [0.1, 0.15) is 19.0 Å². The van der Waals surface area contributed by atoms with Crippen LogP contribution in [-0.2, 0) is 5.41 Å². The standard InChI is InChI=1S/C15H18N2O2/c1-15(4-2-3-5-15)14-16-10-8-12-13(9-11(10)17-14)19-7-6-18-12/h8-9H,2-7H2,1H3,(H,16,17). The highest BCUT2D eigenvalue weighted by Gasteiger charge is 2.33. The predicted octanol–water partition coefficient (Wildman–Crippen LogP) is 3.17. The van der Waals surface area contributed by atoms with Gasteiger partial charge in [0.2, 0.25) is 0 Å². The lowest BCUT2D eigenvalue weighted by molar-refractivity contribution is 0.172. The van der Waals surface area contributed by atoms with Crippen molar-refractivity contribution in [2.75, 3.05) is 13.2 Å². The maximum atomic E-state index is 5.62. The van der Waals surface area contributed by atoms with Crippen LogP contribution in [0.4, 0.5) is 0 Å². The number of H-pyrrole nitrogens is 1. The zero-order chi connectivity index (χ0) is 12.9. The Labute approximate surface area is 112 Å². The van der Waals surface area contributed by atoms with Crippen LogP contribution in [-0.4, -0.2) is 23.2 Å². The summed E-state index contributed by atoms with van der Waals surface area (Å²) in [7, 11) is 0. The monoisotopic (exact) mass is 258 g/mol. The molecule has 1 N–H and O–H groups in total. The van der Waals surface area contributed by atoms with E-state index in [2.05, 4.69) is 11.9 Å². The van der Waals surface area contributed by atoms with Crippen molar-refractivity contribution in [1.29, 1.82) is 0 Å². The first-order chi connectivity index (χ1) is 9.24. The molecule has 1 aliphatic carbocycles. The van der Waals surface area contributed by atoms with E-state index in [1.165, 1.54) is 25.7 Å². The van der Waals surface area contributed by atoms with Crippen LogP contribution in [0, 0.1) is 0 Å². The number of hydrogen-bond acceptors (Lipinski definition) is 3. The predicted molar refractivity (Wildman–Crippen MR) is 72.9 cm³/mol. The van der Waals surface area contributed by atoms with Crippen molar-refractivity contribution in [1.82, 2.24) is 9.97 Å². The van der Waals surface area contributed by atoms with E-state index in [9.17, 15) is 0 Å². The summed E-state index contributed by atoms with van der Waals surface area (Å²) in [5.41, 5.74) is 2.24. The van der Waals surface area contributed by atoms with Crippen molar-refractivity contribution in [3.05, 3.63) is 18.0 Å². The summed E-state index contributed by atoms with van der Waals surface area (Å²) in [6.07, 6.45) is 5.05. The summed E-state index contributed by atoms with van der Waals surface area (Å²) >= 11 is 0. The van der Waals surface area contributed by atoms with E-state index in [0.29, 0.717) is 13.2 Å². The SMILES string of the molecule is CC1(c2nc3cc4c(cc3[nH]2)OCCO4)CCCC1. The Morgan fingerprint density at radius 3 is 2.53 bits per heavy atom. The molecule has 4 heteroatoms. The normalized spacial score (nSPS) is 20.9. The van der Waals surface area contributed by atoms with Crippen LogP contribution in [0.1, 0.15) is 38.4 Å². The van der Waals surface area contributed by atoms with Crippen LogP contribution in [0.2, 0.25) is 0 Å². The molecule has 2 heterocycles. The number of benzene rings is 1. The number of nitrogens with one attached hydrogen (secondary N) is 1. The van der Waals surface area contributed by atoms with E-state index >= 15 is 0 Å². The molecule has 1 aliphatic heterocycles. The van der Waals surface area contributed by atoms with E-state index in [4.69, 9.17) is 14.5 Å². The summed E-state index contributed by atoms with van der Waals surface area (Å²) in [5.74, 6) is 2.75. The number of nitrogens with zero attached hydrogens (tertiary/aromatic N) is 1. The van der Waals surface area contributed by atoms with Crippen molar-refractivity contribution in [2.45, 2.75) is 38.0 Å². The van der Waals surface area contributed by atoms with Gasteiger partial charge in [-0.15, -0.1) is 0 Å². The van der Waals surface area contributed by atoms with Crippen LogP contribution >= 0.6 is 0 Å². The molecule has 1 saturated carbocycles. The van der Waals surface area contributed by atoms with Crippen molar-refractivity contribution < 1.29 is 9.47 Å². The largest absolute Gasteiger partial charge is 0.486 e. The molecule has 4 nitrogen and oxygen atoms in total. The number of fused-ring (bicyclic) bond motifs is 2. The van der Waals surface area contributed by atoms with E-state index < -0.39 is 0 Å². The van der Waals surface area contributed by atoms with Crippen molar-refractivity contribution in [2.24, 2.45) is 0 Å². The third-order valence-corrected chi connectivity index (χ3v) is 4.42. The Morgan fingerprint density at radius 2 is 1.79 bits per heavy atom. The molecule has 1 aromatic carbocycles. The lowest BCUT2D eigenvalue weighted by atomic mass is 9.88. The molecule has 0 atom stereocenters. The Bertz CT molecular complexity index is 583. The van der Waals surface area contributed by atoms with Gasteiger partial charge in [0.05, 0.1) is 11.0 Å². The molecule has 0 amide bonds. The summed E-state index contributed by atoms with van der Waals surface area (Å²) in [6, 6.07) is 4.00. The van der Waals surface area contributed by atoms with E-state index in [-0.39, 0.29) is 5.41 Å². The molecular formula is C15H18N2O2. The minimum Gasteiger partial charge on any atom is -0.486 e. The van der Waals surface area contributed by atoms with Gasteiger partial charge >= 0.3 is 0 Å². The van der Waals surface area contributed by atoms with Gasteiger partial charge in [-0.3, -0.25) is 0 Å². The van der Waals surface area contributed by atoms with Crippen LogP contribution in [0.5, 0.6) is 11.5 Å². The Balaban J connectivity index is 1.82. The average Bonchev–Trinajstić information content (AvgIpc) is 3.03. The molecule has 0 saturated heterocycles. The van der Waals surface area contributed by atoms with Crippen molar-refractivity contribution in [3.63, 3.8) is 0 Å². The summed E-state index contributed by atoms with van der Waals surface area (Å²) < 4.78 is 11.2. The molecule has 0 radical (unpaired) electrons. The molecule has 100 valence electrons. The maximum absolute atomic E-state index is 5.62. The topological polar surface area (TPSA) is 47.1 Å². The molecule has 4 rings (SSSR count). The molecular weight excluding hydrogens is 240 g/mol. The van der Waals surface area contributed by atoms with Crippen LogP contribution < -0.4 is 9.47 Å². The Morgan fingerprint density at radius 1 is 1.11 bits per heavy atom. The summed E-state index contributed by atoms with van der Waals surface area (Å²) in [5, 5.41) is 0. The lowest BCUT2D eigenvalue weighted by Gasteiger charge is -2.19. The summed E-state index contributed by atoms with van der Waals surface area (Å²) in [4.78, 5) is 8.26. The van der Waals surface area contributed by atoms with Crippen molar-refractivity contribution >= 4 is 11.0 Å². The van der Waals surface area contributed by atoms with Gasteiger partial charge in [-0.1, -0.05) is 19.8 Å². The number of aromatic nitrogens is 2. The zero-order valence-electron chi connectivity index (χ0n) is 11.2. The number of imidazole rings is 1. The number of aromatic amines is 1. The van der Waals surface area contributed by atoms with Crippen LogP contribution in [0.15, 0.2) is 12.1 Å². The first-order valence-corrected chi connectivity index (χ1v) is 7.04. The fourth-order valence-electron chi connectivity index (χ4n) is 3.22. The van der Waals surface area contributed by atoms with E-state index in [1.807, 2.05) is 12.1 Å². The second-order valence-electron chi connectivity index (χ2n) is 5.87. The van der Waals surface area contributed by atoms with Gasteiger partial charge in [-0.25, -0.2) is 4.98 Å². The second-order valence-corrected chi connectivity index (χ2v) is 5.87. The van der Waals surface area contributed by atoms with Crippen LogP contribution in [0.3, 0.4) is 0 Å². The molecule has 19 heavy (non-hydrogen) atoms. The average molecular weight is 258 g/mol. The van der Waals surface area contributed by atoms with Gasteiger partial charge in [-0.05, 0) is 12.8 Å². The van der Waals surface area contributed by atoms with Crippen LogP contribution in [0.25, 0.3) is 11.0 Å². The smallest absolute Gasteiger partial charge is 0.163 e. The number of rotatable bonds is 1. The van der Waals surface area contributed by atoms with E-state index in [1.54, 1.807) is 0 Å². The maximum Gasteiger partial charge on any atom is 0.163 e. The van der Waals surface area contributed by atoms with E-state index in [0.717, 1.165) is 28.4 Å². The fourth-order valence-corrected chi connectivity index (χ4v) is 3.22. The highest BCUT2D eigenvalue weighted by atomic mass is 16.6. The number of ether oxygens (including phenoxy) is 2. The Kier molecular flexibility index (Phi) is 2.28. The van der Waals surface area contributed by atoms with Gasteiger partial charge in [0.15, 0.2) is 11.5 Å². The summed E-state index contributed by atoms with van der Waals surface area (Å²) in [6.45, 7) is 3.55. The van der Waals surface area contributed by atoms with Gasteiger partial charge in [0, 0.05) is 17.5 Å². The molecule has 0 bridgehead atoms. The quantitative estimate of drug-likeness (QED) is 0.854. The molecule has 1 aromatic heterocycles. The first kappa shape index (κ1) is 11.1. The molecule has 0 unspecified atom stereocenters. The van der Waals surface area contributed by atoms with Gasteiger partial charge < -0.3 is 14.5 Å². The number of hydrogen-bond donors (Lipinski definition) is 1. The fraction of sp³-hybridized carbons (Fsp3) is 0.533. The molecule has 2 aliphatic rings.